The van der Waals surface area contributed by atoms with Crippen LogP contribution in [-0.4, -0.2) is 77.1 Å². The van der Waals surface area contributed by atoms with Crippen LogP contribution in [0.1, 0.15) is 58.8 Å². The number of amides is 3. The number of carboxylic acids is 2. The molecule has 0 aliphatic carbocycles. The SMILES string of the molecule is CC(C)C(N)C(=O)NC(CCCCN)C(=O)NC(CCCCN)C(=O)NC(CC(=O)O)C(=O)O. The third-order valence-electron chi connectivity index (χ3n) is 5.17. The third-order valence-corrected chi connectivity index (χ3v) is 5.17. The molecule has 0 saturated heterocycles. The van der Waals surface area contributed by atoms with Gasteiger partial charge in [0.05, 0.1) is 12.5 Å². The number of unbranched alkanes of at least 4 members (excludes halogenated alkanes) is 2. The molecule has 0 aliphatic rings. The Morgan fingerprint density at radius 2 is 1.12 bits per heavy atom. The lowest BCUT2D eigenvalue weighted by Gasteiger charge is -2.25. The summed E-state index contributed by atoms with van der Waals surface area (Å²) in [7, 11) is 0. The molecule has 196 valence electrons. The molecule has 0 rings (SSSR count). The number of nitrogens with two attached hydrogens (primary N) is 3. The predicted molar refractivity (Wildman–Crippen MR) is 124 cm³/mol. The fraction of sp³-hybridized carbons (Fsp3) is 0.762. The van der Waals surface area contributed by atoms with Crippen molar-refractivity contribution in [2.75, 3.05) is 13.1 Å². The Bertz CT molecular complexity index is 689. The first-order valence-electron chi connectivity index (χ1n) is 11.5. The van der Waals surface area contributed by atoms with Gasteiger partial charge in [-0.15, -0.1) is 0 Å². The lowest BCUT2D eigenvalue weighted by atomic mass is 10.0. The third kappa shape index (κ3) is 12.5. The van der Waals surface area contributed by atoms with Crippen LogP contribution in [0.2, 0.25) is 0 Å². The van der Waals surface area contributed by atoms with Gasteiger partial charge in [0, 0.05) is 0 Å². The van der Waals surface area contributed by atoms with E-state index in [0.717, 1.165) is 0 Å². The molecule has 4 atom stereocenters. The summed E-state index contributed by atoms with van der Waals surface area (Å²) in [6.07, 6.45) is 1.73. The Balaban J connectivity index is 5.53. The molecule has 13 nitrogen and oxygen atoms in total. The summed E-state index contributed by atoms with van der Waals surface area (Å²) in [5.41, 5.74) is 16.9. The van der Waals surface area contributed by atoms with Crippen molar-refractivity contribution in [3.05, 3.63) is 0 Å². The van der Waals surface area contributed by atoms with E-state index in [2.05, 4.69) is 16.0 Å². The minimum absolute atomic E-state index is 0.142. The van der Waals surface area contributed by atoms with Crippen molar-refractivity contribution in [2.45, 2.75) is 83.0 Å². The van der Waals surface area contributed by atoms with E-state index in [1.165, 1.54) is 0 Å². The van der Waals surface area contributed by atoms with Crippen LogP contribution >= 0.6 is 0 Å². The van der Waals surface area contributed by atoms with Crippen LogP contribution in [0.25, 0.3) is 0 Å². The van der Waals surface area contributed by atoms with E-state index >= 15 is 0 Å². The molecule has 34 heavy (non-hydrogen) atoms. The monoisotopic (exact) mass is 488 g/mol. The largest absolute Gasteiger partial charge is 0.481 e. The van der Waals surface area contributed by atoms with E-state index < -0.39 is 60.2 Å². The van der Waals surface area contributed by atoms with E-state index in [0.29, 0.717) is 38.8 Å². The molecule has 0 aromatic carbocycles. The second-order valence-corrected chi connectivity index (χ2v) is 8.46. The summed E-state index contributed by atoms with van der Waals surface area (Å²) >= 11 is 0. The van der Waals surface area contributed by atoms with Crippen molar-refractivity contribution in [1.29, 1.82) is 0 Å². The van der Waals surface area contributed by atoms with E-state index in [9.17, 15) is 29.1 Å². The Kier molecular flexibility index (Phi) is 15.4. The Hall–Kier alpha value is -2.77. The van der Waals surface area contributed by atoms with Gasteiger partial charge < -0.3 is 43.4 Å². The second-order valence-electron chi connectivity index (χ2n) is 8.46. The van der Waals surface area contributed by atoms with Gasteiger partial charge in [-0.2, -0.15) is 0 Å². The summed E-state index contributed by atoms with van der Waals surface area (Å²) in [6.45, 7) is 4.28. The van der Waals surface area contributed by atoms with Crippen molar-refractivity contribution in [3.63, 3.8) is 0 Å². The molecule has 4 unspecified atom stereocenters. The molecule has 0 bridgehead atoms. The lowest BCUT2D eigenvalue weighted by Crippen LogP contribution is -2.57. The van der Waals surface area contributed by atoms with Gasteiger partial charge in [0.2, 0.25) is 17.7 Å². The fourth-order valence-corrected chi connectivity index (χ4v) is 3.01. The van der Waals surface area contributed by atoms with E-state index in [1.807, 2.05) is 0 Å². The Morgan fingerprint density at radius 3 is 1.47 bits per heavy atom. The van der Waals surface area contributed by atoms with Crippen LogP contribution in [0.5, 0.6) is 0 Å². The topological polar surface area (TPSA) is 240 Å². The van der Waals surface area contributed by atoms with Crippen molar-refractivity contribution >= 4 is 29.7 Å². The highest BCUT2D eigenvalue weighted by Crippen LogP contribution is 2.07. The van der Waals surface area contributed by atoms with E-state index in [1.54, 1.807) is 13.8 Å². The fourth-order valence-electron chi connectivity index (χ4n) is 3.01. The zero-order chi connectivity index (χ0) is 26.3. The molecular weight excluding hydrogens is 448 g/mol. The van der Waals surface area contributed by atoms with Crippen molar-refractivity contribution in [1.82, 2.24) is 16.0 Å². The molecule has 0 aliphatic heterocycles. The quantitative estimate of drug-likeness (QED) is 0.101. The summed E-state index contributed by atoms with van der Waals surface area (Å²) in [4.78, 5) is 60.4. The van der Waals surface area contributed by atoms with Crippen LogP contribution in [0, 0.1) is 5.92 Å². The molecule has 0 saturated carbocycles. The normalized spacial score (nSPS) is 14.5. The van der Waals surface area contributed by atoms with Crippen LogP contribution in [0.15, 0.2) is 0 Å². The van der Waals surface area contributed by atoms with E-state index in [-0.39, 0.29) is 18.8 Å². The van der Waals surface area contributed by atoms with Crippen LogP contribution in [0.4, 0.5) is 0 Å². The second kappa shape index (κ2) is 16.8. The zero-order valence-corrected chi connectivity index (χ0v) is 19.9. The first-order valence-corrected chi connectivity index (χ1v) is 11.5. The minimum atomic E-state index is -1.66. The molecule has 3 amide bonds. The highest BCUT2D eigenvalue weighted by atomic mass is 16.4. The summed E-state index contributed by atoms with van der Waals surface area (Å²) in [6, 6.07) is -4.63. The Morgan fingerprint density at radius 1 is 0.706 bits per heavy atom. The molecule has 0 aromatic heterocycles. The number of carbonyl (C=O) groups excluding carboxylic acids is 3. The molecule has 13 heteroatoms. The van der Waals surface area contributed by atoms with Gasteiger partial charge in [-0.25, -0.2) is 4.79 Å². The molecule has 0 aromatic rings. The standard InChI is InChI=1S/C21H40N6O7/c1-12(2)17(24)20(32)26-14(8-4-6-10-23)18(30)25-13(7-3-5-9-22)19(31)27-15(21(33)34)11-16(28)29/h12-15,17H,3-11,22-24H2,1-2H3,(H,25,30)(H,26,32)(H,27,31)(H,28,29)(H,33,34). The highest BCUT2D eigenvalue weighted by Gasteiger charge is 2.31. The number of carboxylic acid groups (broad SMARTS) is 2. The van der Waals surface area contributed by atoms with Crippen molar-refractivity contribution in [2.24, 2.45) is 23.1 Å². The van der Waals surface area contributed by atoms with Gasteiger partial charge in [-0.3, -0.25) is 19.2 Å². The maximum absolute atomic E-state index is 13.0. The average Bonchev–Trinajstić information content (AvgIpc) is 2.76. The molecule has 0 fully saturated rings. The number of hydrogen-bond donors (Lipinski definition) is 8. The first-order chi connectivity index (χ1) is 15.9. The van der Waals surface area contributed by atoms with Gasteiger partial charge in [0.15, 0.2) is 0 Å². The van der Waals surface area contributed by atoms with Crippen molar-refractivity contribution in [3.8, 4) is 0 Å². The summed E-state index contributed by atoms with van der Waals surface area (Å²) in [5, 5.41) is 25.4. The maximum atomic E-state index is 13.0. The van der Waals surface area contributed by atoms with Gasteiger partial charge in [-0.05, 0) is 57.5 Å². The molecule has 0 radical (unpaired) electrons. The minimum Gasteiger partial charge on any atom is -0.481 e. The maximum Gasteiger partial charge on any atom is 0.326 e. The number of rotatable bonds is 18. The average molecular weight is 489 g/mol. The number of aliphatic carboxylic acids is 2. The van der Waals surface area contributed by atoms with Crippen LogP contribution in [0.3, 0.4) is 0 Å². The molecule has 11 N–H and O–H groups in total. The lowest BCUT2D eigenvalue weighted by molar-refractivity contribution is -0.147. The first kappa shape index (κ1) is 31.2. The van der Waals surface area contributed by atoms with Crippen molar-refractivity contribution < 1.29 is 34.2 Å². The molecule has 0 spiro atoms. The van der Waals surface area contributed by atoms with Gasteiger partial charge >= 0.3 is 11.9 Å². The number of hydrogen-bond acceptors (Lipinski definition) is 8. The van der Waals surface area contributed by atoms with Gasteiger partial charge in [-0.1, -0.05) is 13.8 Å². The summed E-state index contributed by atoms with van der Waals surface area (Å²) < 4.78 is 0. The smallest absolute Gasteiger partial charge is 0.326 e. The van der Waals surface area contributed by atoms with Crippen LogP contribution < -0.4 is 33.2 Å². The van der Waals surface area contributed by atoms with Gasteiger partial charge in [0.25, 0.3) is 0 Å². The zero-order valence-electron chi connectivity index (χ0n) is 19.9. The number of carbonyl (C=O) groups is 5. The number of nitrogens with one attached hydrogen (secondary N) is 3. The molecule has 0 heterocycles. The van der Waals surface area contributed by atoms with E-state index in [4.69, 9.17) is 22.3 Å². The van der Waals surface area contributed by atoms with Gasteiger partial charge in [0.1, 0.15) is 18.1 Å². The van der Waals surface area contributed by atoms with Crippen LogP contribution in [-0.2, 0) is 24.0 Å². The summed E-state index contributed by atoms with van der Waals surface area (Å²) in [5.74, 6) is -5.08. The highest BCUT2D eigenvalue weighted by molar-refractivity contribution is 5.94. The molecular formula is C21H40N6O7. The predicted octanol–water partition coefficient (Wildman–Crippen LogP) is -1.76. The Labute approximate surface area is 199 Å².